The Labute approximate surface area is 118 Å². The van der Waals surface area contributed by atoms with Crippen molar-refractivity contribution < 1.29 is 13.2 Å². The second kappa shape index (κ2) is 5.87. The SMILES string of the molecule is CCCn1cc(S(=O)(=O)N2CCCC2N=C=O)nc1C. The van der Waals surface area contributed by atoms with E-state index in [0.29, 0.717) is 25.2 Å². The fourth-order valence-corrected chi connectivity index (χ4v) is 3.97. The Kier molecular flexibility index (Phi) is 4.37. The summed E-state index contributed by atoms with van der Waals surface area (Å²) in [5, 5.41) is 0.0245. The zero-order chi connectivity index (χ0) is 14.8. The molecule has 2 rings (SSSR count). The quantitative estimate of drug-likeness (QED) is 0.600. The molecule has 20 heavy (non-hydrogen) atoms. The maximum absolute atomic E-state index is 12.5. The van der Waals surface area contributed by atoms with Crippen molar-refractivity contribution in [2.45, 2.75) is 50.8 Å². The predicted molar refractivity (Wildman–Crippen MR) is 72.3 cm³/mol. The zero-order valence-electron chi connectivity index (χ0n) is 11.6. The fourth-order valence-electron chi connectivity index (χ4n) is 2.38. The normalized spacial score (nSPS) is 20.0. The highest BCUT2D eigenvalue weighted by Gasteiger charge is 2.37. The van der Waals surface area contributed by atoms with Crippen LogP contribution in [0, 0.1) is 6.92 Å². The molecule has 1 aromatic heterocycles. The van der Waals surface area contributed by atoms with Gasteiger partial charge in [-0.3, -0.25) is 0 Å². The number of carbonyl (C=O) groups excluding carboxylic acids is 1. The molecule has 0 saturated carbocycles. The molecule has 2 heterocycles. The molecule has 1 atom stereocenters. The maximum Gasteiger partial charge on any atom is 0.263 e. The molecule has 0 radical (unpaired) electrons. The molecule has 7 nitrogen and oxygen atoms in total. The molecule has 110 valence electrons. The number of hydrogen-bond acceptors (Lipinski definition) is 5. The second-order valence-electron chi connectivity index (χ2n) is 4.78. The summed E-state index contributed by atoms with van der Waals surface area (Å²) < 4.78 is 28.2. The van der Waals surface area contributed by atoms with E-state index in [4.69, 9.17) is 0 Å². The summed E-state index contributed by atoms with van der Waals surface area (Å²) in [7, 11) is -3.70. The average molecular weight is 298 g/mol. The second-order valence-corrected chi connectivity index (χ2v) is 6.62. The first-order valence-electron chi connectivity index (χ1n) is 6.63. The van der Waals surface area contributed by atoms with Crippen LogP contribution in [0.25, 0.3) is 0 Å². The lowest BCUT2D eigenvalue weighted by Crippen LogP contribution is -2.34. The summed E-state index contributed by atoms with van der Waals surface area (Å²) in [4.78, 5) is 18.1. The largest absolute Gasteiger partial charge is 0.334 e. The summed E-state index contributed by atoms with van der Waals surface area (Å²) in [6.07, 6.45) is 4.48. The summed E-state index contributed by atoms with van der Waals surface area (Å²) in [5.41, 5.74) is 0. The first-order chi connectivity index (χ1) is 9.50. The van der Waals surface area contributed by atoms with E-state index >= 15 is 0 Å². The van der Waals surface area contributed by atoms with Crippen molar-refractivity contribution >= 4 is 16.1 Å². The van der Waals surface area contributed by atoms with E-state index in [9.17, 15) is 13.2 Å². The number of imidazole rings is 1. The van der Waals surface area contributed by atoms with E-state index in [1.807, 2.05) is 11.5 Å². The maximum atomic E-state index is 12.5. The monoisotopic (exact) mass is 298 g/mol. The number of aryl methyl sites for hydroxylation is 2. The van der Waals surface area contributed by atoms with Gasteiger partial charge in [-0.25, -0.2) is 18.2 Å². The third kappa shape index (κ3) is 2.67. The smallest absolute Gasteiger partial charge is 0.263 e. The van der Waals surface area contributed by atoms with Crippen molar-refractivity contribution in [1.82, 2.24) is 13.9 Å². The van der Waals surface area contributed by atoms with Crippen molar-refractivity contribution in [1.29, 1.82) is 0 Å². The van der Waals surface area contributed by atoms with Crippen LogP contribution in [0.15, 0.2) is 16.2 Å². The standard InChI is InChI=1S/C12H18N4O3S/c1-3-6-15-8-12(14-10(15)2)20(18,19)16-7-4-5-11(16)13-9-17/h8,11H,3-7H2,1-2H3. The van der Waals surface area contributed by atoms with Crippen molar-refractivity contribution in [2.75, 3.05) is 6.54 Å². The minimum absolute atomic E-state index is 0.0245. The van der Waals surface area contributed by atoms with Crippen LogP contribution in [-0.4, -0.2) is 41.1 Å². The van der Waals surface area contributed by atoms with E-state index in [0.717, 1.165) is 13.0 Å². The highest BCUT2D eigenvalue weighted by molar-refractivity contribution is 7.89. The van der Waals surface area contributed by atoms with Crippen LogP contribution in [0.5, 0.6) is 0 Å². The Balaban J connectivity index is 2.34. The Morgan fingerprint density at radius 2 is 2.30 bits per heavy atom. The molecule has 0 amide bonds. The number of rotatable bonds is 5. The fraction of sp³-hybridized carbons (Fsp3) is 0.667. The van der Waals surface area contributed by atoms with Crippen LogP contribution >= 0.6 is 0 Å². The number of aromatic nitrogens is 2. The third-order valence-electron chi connectivity index (χ3n) is 3.37. The summed E-state index contributed by atoms with van der Waals surface area (Å²) in [6, 6.07) is 0. The van der Waals surface area contributed by atoms with Gasteiger partial charge in [0.15, 0.2) is 5.03 Å². The van der Waals surface area contributed by atoms with Gasteiger partial charge in [-0.2, -0.15) is 9.30 Å². The van der Waals surface area contributed by atoms with E-state index in [2.05, 4.69) is 9.98 Å². The molecule has 0 aromatic carbocycles. The number of aliphatic imine (C=N–C) groups is 1. The van der Waals surface area contributed by atoms with Crippen LogP contribution in [0.1, 0.15) is 32.0 Å². The van der Waals surface area contributed by atoms with Gasteiger partial charge in [0.2, 0.25) is 6.08 Å². The van der Waals surface area contributed by atoms with Gasteiger partial charge < -0.3 is 4.57 Å². The molecule has 1 aliphatic rings. The number of isocyanates is 1. The Bertz CT molecular complexity index is 631. The van der Waals surface area contributed by atoms with E-state index in [1.165, 1.54) is 10.4 Å². The van der Waals surface area contributed by atoms with E-state index < -0.39 is 16.2 Å². The molecule has 0 aliphatic carbocycles. The lowest BCUT2D eigenvalue weighted by molar-refractivity contribution is 0.394. The Hall–Kier alpha value is -1.50. The molecular formula is C12H18N4O3S. The molecule has 1 unspecified atom stereocenters. The Morgan fingerprint density at radius 1 is 1.55 bits per heavy atom. The molecule has 1 aromatic rings. The third-order valence-corrected chi connectivity index (χ3v) is 5.14. The number of nitrogens with zero attached hydrogens (tertiary/aromatic N) is 4. The lowest BCUT2D eigenvalue weighted by Gasteiger charge is -2.18. The molecule has 1 saturated heterocycles. The number of hydrogen-bond donors (Lipinski definition) is 0. The zero-order valence-corrected chi connectivity index (χ0v) is 12.4. The van der Waals surface area contributed by atoms with Gasteiger partial charge in [0.05, 0.1) is 0 Å². The molecule has 1 aliphatic heterocycles. The highest BCUT2D eigenvalue weighted by Crippen LogP contribution is 2.26. The van der Waals surface area contributed by atoms with Crippen molar-refractivity contribution in [3.63, 3.8) is 0 Å². The van der Waals surface area contributed by atoms with Gasteiger partial charge in [0, 0.05) is 19.3 Å². The van der Waals surface area contributed by atoms with Crippen molar-refractivity contribution in [3.8, 4) is 0 Å². The molecule has 0 spiro atoms. The molecule has 0 bridgehead atoms. The summed E-state index contributed by atoms with van der Waals surface area (Å²) in [6.45, 7) is 4.88. The van der Waals surface area contributed by atoms with Crippen LogP contribution in [0.2, 0.25) is 0 Å². The Morgan fingerprint density at radius 3 is 2.95 bits per heavy atom. The minimum Gasteiger partial charge on any atom is -0.334 e. The minimum atomic E-state index is -3.70. The average Bonchev–Trinajstić information content (AvgIpc) is 2.99. The van der Waals surface area contributed by atoms with Crippen molar-refractivity contribution in [3.05, 3.63) is 12.0 Å². The van der Waals surface area contributed by atoms with Crippen LogP contribution < -0.4 is 0 Å². The van der Waals surface area contributed by atoms with Crippen LogP contribution in [0.4, 0.5) is 0 Å². The van der Waals surface area contributed by atoms with Gasteiger partial charge in [-0.1, -0.05) is 6.92 Å². The molecule has 1 fully saturated rings. The van der Waals surface area contributed by atoms with Crippen LogP contribution in [0.3, 0.4) is 0 Å². The summed E-state index contributed by atoms with van der Waals surface area (Å²) in [5.74, 6) is 0.667. The van der Waals surface area contributed by atoms with Crippen molar-refractivity contribution in [2.24, 2.45) is 4.99 Å². The molecule has 8 heteroatoms. The van der Waals surface area contributed by atoms with Crippen LogP contribution in [-0.2, 0) is 21.4 Å². The highest BCUT2D eigenvalue weighted by atomic mass is 32.2. The first kappa shape index (κ1) is 14.9. The topological polar surface area (TPSA) is 84.6 Å². The van der Waals surface area contributed by atoms with Gasteiger partial charge in [-0.15, -0.1) is 0 Å². The molecular weight excluding hydrogens is 280 g/mol. The van der Waals surface area contributed by atoms with Gasteiger partial charge >= 0.3 is 0 Å². The summed E-state index contributed by atoms with van der Waals surface area (Å²) >= 11 is 0. The van der Waals surface area contributed by atoms with Gasteiger partial charge in [0.1, 0.15) is 12.0 Å². The lowest BCUT2D eigenvalue weighted by atomic mass is 10.3. The number of sulfonamides is 1. The first-order valence-corrected chi connectivity index (χ1v) is 8.07. The van der Waals surface area contributed by atoms with Gasteiger partial charge in [0.25, 0.3) is 10.0 Å². The van der Waals surface area contributed by atoms with E-state index in [-0.39, 0.29) is 5.03 Å². The molecule has 0 N–H and O–H groups in total. The van der Waals surface area contributed by atoms with Gasteiger partial charge in [-0.05, 0) is 26.2 Å². The van der Waals surface area contributed by atoms with E-state index in [1.54, 1.807) is 13.1 Å². The predicted octanol–water partition coefficient (Wildman–Crippen LogP) is 1.05.